The van der Waals surface area contributed by atoms with Gasteiger partial charge in [-0.2, -0.15) is 0 Å². The van der Waals surface area contributed by atoms with E-state index in [-0.39, 0.29) is 0 Å². The lowest BCUT2D eigenvalue weighted by atomic mass is 10.2. The summed E-state index contributed by atoms with van der Waals surface area (Å²) in [5.74, 6) is 1.22. The van der Waals surface area contributed by atoms with E-state index in [1.807, 2.05) is 6.92 Å². The van der Waals surface area contributed by atoms with Crippen molar-refractivity contribution in [1.29, 1.82) is 0 Å². The quantitative estimate of drug-likeness (QED) is 0.460. The first kappa shape index (κ1) is 5.25. The van der Waals surface area contributed by atoms with Gasteiger partial charge in [0.2, 0.25) is 0 Å². The van der Waals surface area contributed by atoms with Gasteiger partial charge in [-0.25, -0.2) is 4.21 Å². The van der Waals surface area contributed by atoms with Gasteiger partial charge in [0.05, 0.1) is 12.4 Å². The van der Waals surface area contributed by atoms with Crippen molar-refractivity contribution in [3.05, 3.63) is 0 Å². The third-order valence-electron chi connectivity index (χ3n) is 0.905. The Balaban J connectivity index is 2.40. The van der Waals surface area contributed by atoms with E-state index in [9.17, 15) is 4.21 Å². The van der Waals surface area contributed by atoms with Crippen molar-refractivity contribution in [2.24, 2.45) is 5.92 Å². The molecule has 0 aromatic rings. The molecule has 1 saturated heterocycles. The van der Waals surface area contributed by atoms with Crippen molar-refractivity contribution in [2.45, 2.75) is 6.92 Å². The Morgan fingerprint density at radius 3 is 2.71 bits per heavy atom. The second kappa shape index (κ2) is 1.92. The predicted molar refractivity (Wildman–Crippen MR) is 28.1 cm³/mol. The number of hydrogen-bond acceptors (Lipinski definition) is 2. The van der Waals surface area contributed by atoms with Crippen molar-refractivity contribution >= 4 is 11.1 Å². The lowest BCUT2D eigenvalue weighted by Crippen LogP contribution is -1.94. The molecule has 0 radical (unpaired) electrons. The molecule has 1 rings (SSSR count). The van der Waals surface area contributed by atoms with Gasteiger partial charge in [0, 0.05) is 0 Å². The fourth-order valence-corrected chi connectivity index (χ4v) is 1.56. The van der Waals surface area contributed by atoms with Gasteiger partial charge in [-0.1, -0.05) is 6.92 Å². The molecule has 42 valence electrons. The predicted octanol–water partition coefficient (Wildman–Crippen LogP) is 0.316. The summed E-state index contributed by atoms with van der Waals surface area (Å²) in [5, 5.41) is 0. The van der Waals surface area contributed by atoms with E-state index in [0.29, 0.717) is 12.5 Å². The van der Waals surface area contributed by atoms with Gasteiger partial charge in [0.1, 0.15) is 0 Å². The van der Waals surface area contributed by atoms with E-state index in [4.69, 9.17) is 4.18 Å². The normalized spacial score (nSPS) is 41.9. The molecule has 2 nitrogen and oxygen atoms in total. The highest BCUT2D eigenvalue weighted by molar-refractivity contribution is 7.80. The zero-order chi connectivity index (χ0) is 5.28. The van der Waals surface area contributed by atoms with Gasteiger partial charge >= 0.3 is 0 Å². The van der Waals surface area contributed by atoms with Gasteiger partial charge in [-0.05, 0) is 5.92 Å². The molecule has 3 heteroatoms. The van der Waals surface area contributed by atoms with Crippen LogP contribution in [-0.4, -0.2) is 16.6 Å². The van der Waals surface area contributed by atoms with E-state index in [1.54, 1.807) is 0 Å². The topological polar surface area (TPSA) is 26.3 Å². The fraction of sp³-hybridized carbons (Fsp3) is 1.00. The molecule has 1 aliphatic rings. The van der Waals surface area contributed by atoms with Crippen LogP contribution in [0.1, 0.15) is 6.92 Å². The molecule has 0 bridgehead atoms. The van der Waals surface area contributed by atoms with E-state index in [1.165, 1.54) is 0 Å². The molecule has 2 unspecified atom stereocenters. The van der Waals surface area contributed by atoms with Gasteiger partial charge in [0.25, 0.3) is 0 Å². The second-order valence-electron chi connectivity index (χ2n) is 1.86. The summed E-state index contributed by atoms with van der Waals surface area (Å²) >= 11 is -0.953. The largest absolute Gasteiger partial charge is 0.290 e. The highest BCUT2D eigenvalue weighted by Gasteiger charge is 2.16. The average Bonchev–Trinajstić information content (AvgIpc) is 1.87. The molecule has 0 aromatic heterocycles. The number of rotatable bonds is 0. The monoisotopic (exact) mass is 120 g/mol. The summed E-state index contributed by atoms with van der Waals surface area (Å²) in [7, 11) is 0. The first-order valence-electron chi connectivity index (χ1n) is 2.30. The van der Waals surface area contributed by atoms with Crippen LogP contribution in [-0.2, 0) is 15.3 Å². The Hall–Kier alpha value is 0.110. The smallest absolute Gasteiger partial charge is 0.155 e. The SMILES string of the molecule is CC1COS(=O)C1. The molecule has 0 N–H and O–H groups in total. The van der Waals surface area contributed by atoms with Crippen molar-refractivity contribution in [3.63, 3.8) is 0 Å². The van der Waals surface area contributed by atoms with Crippen molar-refractivity contribution < 1.29 is 8.39 Å². The minimum Gasteiger partial charge on any atom is -0.290 e. The molecule has 1 aliphatic heterocycles. The van der Waals surface area contributed by atoms with E-state index in [0.717, 1.165) is 5.75 Å². The minimum atomic E-state index is -0.953. The van der Waals surface area contributed by atoms with Crippen LogP contribution in [0.4, 0.5) is 0 Å². The summed E-state index contributed by atoms with van der Waals surface area (Å²) in [6.45, 7) is 2.71. The van der Waals surface area contributed by atoms with Gasteiger partial charge in [-0.15, -0.1) is 0 Å². The van der Waals surface area contributed by atoms with Crippen LogP contribution in [0.15, 0.2) is 0 Å². The molecular weight excluding hydrogens is 112 g/mol. The molecule has 2 atom stereocenters. The molecule has 0 amide bonds. The fourth-order valence-electron chi connectivity index (χ4n) is 0.521. The summed E-state index contributed by atoms with van der Waals surface area (Å²) < 4.78 is 15.1. The van der Waals surface area contributed by atoms with Crippen molar-refractivity contribution in [1.82, 2.24) is 0 Å². The third kappa shape index (κ3) is 1.24. The van der Waals surface area contributed by atoms with Crippen molar-refractivity contribution in [3.8, 4) is 0 Å². The summed E-state index contributed by atoms with van der Waals surface area (Å²) in [6.07, 6.45) is 0. The summed E-state index contributed by atoms with van der Waals surface area (Å²) in [5.41, 5.74) is 0. The molecule has 0 spiro atoms. The standard InChI is InChI=1S/C4H8O2S/c1-4-2-6-7(5)3-4/h4H,2-3H2,1H3. The lowest BCUT2D eigenvalue weighted by Gasteiger charge is -1.86. The van der Waals surface area contributed by atoms with E-state index < -0.39 is 11.1 Å². The molecule has 1 fully saturated rings. The van der Waals surface area contributed by atoms with Crippen LogP contribution < -0.4 is 0 Å². The summed E-state index contributed by atoms with van der Waals surface area (Å²) in [4.78, 5) is 0. The van der Waals surface area contributed by atoms with Gasteiger partial charge in [0.15, 0.2) is 11.1 Å². The zero-order valence-electron chi connectivity index (χ0n) is 4.22. The number of hydrogen-bond donors (Lipinski definition) is 0. The van der Waals surface area contributed by atoms with Crippen LogP contribution in [0, 0.1) is 5.92 Å². The van der Waals surface area contributed by atoms with Crippen LogP contribution >= 0.6 is 0 Å². The molecule has 1 heterocycles. The molecule has 0 saturated carbocycles. The third-order valence-corrected chi connectivity index (χ3v) is 2.14. The molecular formula is C4H8O2S. The highest BCUT2D eigenvalue weighted by Crippen LogP contribution is 2.08. The Morgan fingerprint density at radius 1 is 1.86 bits per heavy atom. The maximum Gasteiger partial charge on any atom is 0.155 e. The zero-order valence-corrected chi connectivity index (χ0v) is 5.03. The second-order valence-corrected chi connectivity index (χ2v) is 3.04. The first-order valence-corrected chi connectivity index (χ1v) is 3.55. The Morgan fingerprint density at radius 2 is 2.57 bits per heavy atom. The van der Waals surface area contributed by atoms with Crippen molar-refractivity contribution in [2.75, 3.05) is 12.4 Å². The Bertz CT molecular complexity index is 91.7. The van der Waals surface area contributed by atoms with Gasteiger partial charge in [-0.3, -0.25) is 4.18 Å². The maximum atomic E-state index is 10.3. The van der Waals surface area contributed by atoms with Crippen LogP contribution in [0.25, 0.3) is 0 Å². The van der Waals surface area contributed by atoms with Crippen LogP contribution in [0.2, 0.25) is 0 Å². The first-order chi connectivity index (χ1) is 3.29. The molecule has 7 heavy (non-hydrogen) atoms. The average molecular weight is 120 g/mol. The lowest BCUT2D eigenvalue weighted by molar-refractivity contribution is 0.340. The Labute approximate surface area is 45.5 Å². The maximum absolute atomic E-state index is 10.3. The molecule has 0 aliphatic carbocycles. The minimum absolute atomic E-state index is 0.501. The molecule has 0 aromatic carbocycles. The van der Waals surface area contributed by atoms with Crippen LogP contribution in [0.5, 0.6) is 0 Å². The summed E-state index contributed by atoms with van der Waals surface area (Å²) in [6, 6.07) is 0. The Kier molecular flexibility index (Phi) is 1.44. The van der Waals surface area contributed by atoms with E-state index >= 15 is 0 Å². The van der Waals surface area contributed by atoms with Gasteiger partial charge < -0.3 is 0 Å². The highest BCUT2D eigenvalue weighted by atomic mass is 32.2. The van der Waals surface area contributed by atoms with E-state index in [2.05, 4.69) is 0 Å². The van der Waals surface area contributed by atoms with Crippen LogP contribution in [0.3, 0.4) is 0 Å².